The Morgan fingerprint density at radius 1 is 0.893 bits per heavy atom. The summed E-state index contributed by atoms with van der Waals surface area (Å²) in [6.07, 6.45) is 0. The second-order valence-corrected chi connectivity index (χ2v) is 7.72. The van der Waals surface area contributed by atoms with Gasteiger partial charge in [0.15, 0.2) is 0 Å². The van der Waals surface area contributed by atoms with E-state index in [0.717, 1.165) is 11.3 Å². The number of nitrogens with one attached hydrogen (secondary N) is 1. The highest BCUT2D eigenvalue weighted by molar-refractivity contribution is 6.04. The van der Waals surface area contributed by atoms with Crippen LogP contribution >= 0.6 is 0 Å². The molecule has 0 bridgehead atoms. The largest absolute Gasteiger partial charge is 0.489 e. The average molecular weight is 377 g/mol. The van der Waals surface area contributed by atoms with Gasteiger partial charge < -0.3 is 10.1 Å². The van der Waals surface area contributed by atoms with Gasteiger partial charge in [0.05, 0.1) is 0 Å². The normalized spacial score (nSPS) is 11.1. The summed E-state index contributed by atoms with van der Waals surface area (Å²) in [6, 6.07) is 21.0. The van der Waals surface area contributed by atoms with Crippen molar-refractivity contribution in [3.05, 3.63) is 95.3 Å². The highest BCUT2D eigenvalue weighted by atomic mass is 19.1. The van der Waals surface area contributed by atoms with E-state index in [4.69, 9.17) is 4.74 Å². The Kier molecular flexibility index (Phi) is 5.78. The number of anilines is 1. The Labute approximate surface area is 165 Å². The van der Waals surface area contributed by atoms with Crippen molar-refractivity contribution in [2.24, 2.45) is 0 Å². The number of halogens is 1. The Morgan fingerprint density at radius 2 is 1.50 bits per heavy atom. The van der Waals surface area contributed by atoms with Crippen LogP contribution in [0, 0.1) is 5.82 Å². The Bertz CT molecular complexity index is 924. The SMILES string of the molecule is CC(C)(C)c1ccc(OCc2ccc(C(=O)Nc3ccc(F)cc3)cc2)cc1. The van der Waals surface area contributed by atoms with Gasteiger partial charge in [-0.1, -0.05) is 45.0 Å². The van der Waals surface area contributed by atoms with Crippen molar-refractivity contribution < 1.29 is 13.9 Å². The van der Waals surface area contributed by atoms with E-state index in [9.17, 15) is 9.18 Å². The van der Waals surface area contributed by atoms with Gasteiger partial charge in [-0.3, -0.25) is 4.79 Å². The molecule has 0 heterocycles. The van der Waals surface area contributed by atoms with Crippen LogP contribution in [0.2, 0.25) is 0 Å². The van der Waals surface area contributed by atoms with Gasteiger partial charge in [0.2, 0.25) is 0 Å². The summed E-state index contributed by atoms with van der Waals surface area (Å²) in [5.74, 6) is 0.235. The highest BCUT2D eigenvalue weighted by Crippen LogP contribution is 2.24. The molecule has 3 aromatic rings. The molecule has 144 valence electrons. The molecule has 28 heavy (non-hydrogen) atoms. The Hall–Kier alpha value is -3.14. The Balaban J connectivity index is 1.56. The predicted molar refractivity (Wildman–Crippen MR) is 110 cm³/mol. The predicted octanol–water partition coefficient (Wildman–Crippen LogP) is 5.95. The van der Waals surface area contributed by atoms with Crippen LogP contribution in [0.5, 0.6) is 5.75 Å². The van der Waals surface area contributed by atoms with Gasteiger partial charge in [0.1, 0.15) is 18.2 Å². The van der Waals surface area contributed by atoms with Crippen LogP contribution in [0.3, 0.4) is 0 Å². The molecule has 0 spiro atoms. The molecule has 0 saturated carbocycles. The third-order valence-corrected chi connectivity index (χ3v) is 4.44. The van der Waals surface area contributed by atoms with Crippen molar-refractivity contribution >= 4 is 11.6 Å². The summed E-state index contributed by atoms with van der Waals surface area (Å²) < 4.78 is 18.8. The molecule has 0 aromatic heterocycles. The molecular formula is C24H24FNO2. The summed E-state index contributed by atoms with van der Waals surface area (Å²) >= 11 is 0. The third-order valence-electron chi connectivity index (χ3n) is 4.44. The van der Waals surface area contributed by atoms with Crippen molar-refractivity contribution in [3.8, 4) is 5.75 Å². The average Bonchev–Trinajstić information content (AvgIpc) is 2.68. The first-order valence-electron chi connectivity index (χ1n) is 9.20. The van der Waals surface area contributed by atoms with E-state index < -0.39 is 0 Å². The van der Waals surface area contributed by atoms with E-state index in [2.05, 4.69) is 38.2 Å². The highest BCUT2D eigenvalue weighted by Gasteiger charge is 2.13. The number of ether oxygens (including phenoxy) is 1. The molecule has 1 N–H and O–H groups in total. The van der Waals surface area contributed by atoms with Gasteiger partial charge in [-0.25, -0.2) is 4.39 Å². The van der Waals surface area contributed by atoms with E-state index in [1.165, 1.54) is 29.8 Å². The van der Waals surface area contributed by atoms with Crippen LogP contribution in [-0.2, 0) is 12.0 Å². The van der Waals surface area contributed by atoms with E-state index in [0.29, 0.717) is 17.9 Å². The van der Waals surface area contributed by atoms with E-state index in [1.807, 2.05) is 24.3 Å². The molecule has 0 unspecified atom stereocenters. The molecule has 3 nitrogen and oxygen atoms in total. The lowest BCUT2D eigenvalue weighted by Gasteiger charge is -2.19. The number of amides is 1. The van der Waals surface area contributed by atoms with Crippen molar-refractivity contribution in [1.82, 2.24) is 0 Å². The summed E-state index contributed by atoms with van der Waals surface area (Å²) in [5.41, 5.74) is 3.43. The zero-order chi connectivity index (χ0) is 20.1. The fraction of sp³-hybridized carbons (Fsp3) is 0.208. The second-order valence-electron chi connectivity index (χ2n) is 7.72. The molecule has 0 aliphatic carbocycles. The lowest BCUT2D eigenvalue weighted by atomic mass is 9.87. The minimum absolute atomic E-state index is 0.114. The van der Waals surface area contributed by atoms with Gasteiger partial charge in [-0.15, -0.1) is 0 Å². The van der Waals surface area contributed by atoms with Gasteiger partial charge in [-0.2, -0.15) is 0 Å². The number of benzene rings is 3. The Morgan fingerprint density at radius 3 is 2.07 bits per heavy atom. The van der Waals surface area contributed by atoms with Crippen molar-refractivity contribution in [2.75, 3.05) is 5.32 Å². The van der Waals surface area contributed by atoms with Crippen molar-refractivity contribution in [1.29, 1.82) is 0 Å². The van der Waals surface area contributed by atoms with E-state index >= 15 is 0 Å². The maximum atomic E-state index is 12.9. The molecule has 0 aliphatic heterocycles. The number of hydrogen-bond acceptors (Lipinski definition) is 2. The number of carbonyl (C=O) groups excluding carboxylic acids is 1. The molecular weight excluding hydrogens is 353 g/mol. The molecule has 0 fully saturated rings. The topological polar surface area (TPSA) is 38.3 Å². The van der Waals surface area contributed by atoms with Crippen LogP contribution in [0.4, 0.5) is 10.1 Å². The van der Waals surface area contributed by atoms with Crippen LogP contribution in [0.25, 0.3) is 0 Å². The fourth-order valence-electron chi connectivity index (χ4n) is 2.71. The summed E-state index contributed by atoms with van der Waals surface area (Å²) in [5, 5.41) is 2.74. The van der Waals surface area contributed by atoms with Gasteiger partial charge in [0.25, 0.3) is 5.91 Å². The van der Waals surface area contributed by atoms with Crippen molar-refractivity contribution in [3.63, 3.8) is 0 Å². The molecule has 1 amide bonds. The van der Waals surface area contributed by atoms with E-state index in [-0.39, 0.29) is 17.1 Å². The number of rotatable bonds is 5. The van der Waals surface area contributed by atoms with Crippen molar-refractivity contribution in [2.45, 2.75) is 32.8 Å². The quantitative estimate of drug-likeness (QED) is 0.596. The third kappa shape index (κ3) is 5.19. The summed E-state index contributed by atoms with van der Waals surface area (Å²) in [7, 11) is 0. The standard InChI is InChI=1S/C24H24FNO2/c1-24(2,3)19-8-14-22(15-9-19)28-16-17-4-6-18(7-5-17)23(27)26-21-12-10-20(25)11-13-21/h4-15H,16H2,1-3H3,(H,26,27). The lowest BCUT2D eigenvalue weighted by Crippen LogP contribution is -2.12. The van der Waals surface area contributed by atoms with Crippen LogP contribution < -0.4 is 10.1 Å². The fourth-order valence-corrected chi connectivity index (χ4v) is 2.71. The summed E-state index contributed by atoms with van der Waals surface area (Å²) in [4.78, 5) is 12.3. The first kappa shape index (κ1) is 19.6. The summed E-state index contributed by atoms with van der Waals surface area (Å²) in [6.45, 7) is 6.96. The zero-order valence-corrected chi connectivity index (χ0v) is 16.3. The van der Waals surface area contributed by atoms with Crippen LogP contribution in [0.1, 0.15) is 42.3 Å². The lowest BCUT2D eigenvalue weighted by molar-refractivity contribution is 0.102. The molecule has 0 aliphatic rings. The maximum absolute atomic E-state index is 12.9. The smallest absolute Gasteiger partial charge is 0.255 e. The zero-order valence-electron chi connectivity index (χ0n) is 16.3. The van der Waals surface area contributed by atoms with Gasteiger partial charge in [-0.05, 0) is 65.1 Å². The molecule has 4 heteroatoms. The molecule has 3 aromatic carbocycles. The van der Waals surface area contributed by atoms with Gasteiger partial charge >= 0.3 is 0 Å². The first-order valence-corrected chi connectivity index (χ1v) is 9.20. The second kappa shape index (κ2) is 8.26. The maximum Gasteiger partial charge on any atom is 0.255 e. The van der Waals surface area contributed by atoms with Crippen LogP contribution in [0.15, 0.2) is 72.8 Å². The molecule has 0 radical (unpaired) electrons. The number of hydrogen-bond donors (Lipinski definition) is 1. The molecule has 3 rings (SSSR count). The minimum atomic E-state index is -0.338. The first-order chi connectivity index (χ1) is 13.3. The molecule has 0 saturated heterocycles. The minimum Gasteiger partial charge on any atom is -0.489 e. The van der Waals surface area contributed by atoms with E-state index in [1.54, 1.807) is 12.1 Å². The molecule has 0 atom stereocenters. The van der Waals surface area contributed by atoms with Gasteiger partial charge in [0, 0.05) is 11.3 Å². The van der Waals surface area contributed by atoms with Crippen LogP contribution in [-0.4, -0.2) is 5.91 Å². The monoisotopic (exact) mass is 377 g/mol. The number of carbonyl (C=O) groups is 1.